The molecule has 1 N–H and O–H groups in total. The summed E-state index contributed by atoms with van der Waals surface area (Å²) in [6.07, 6.45) is 0.709. The number of thiophene rings is 1. The van der Waals surface area contributed by atoms with Gasteiger partial charge in [0.05, 0.1) is 0 Å². The van der Waals surface area contributed by atoms with Crippen LogP contribution in [0.1, 0.15) is 5.56 Å². The van der Waals surface area contributed by atoms with Crippen LogP contribution in [0.25, 0.3) is 36.2 Å². The summed E-state index contributed by atoms with van der Waals surface area (Å²) in [5.74, 6) is 0. The highest BCUT2D eigenvalue weighted by Crippen LogP contribution is 2.48. The van der Waals surface area contributed by atoms with Crippen molar-refractivity contribution in [3.63, 3.8) is 0 Å². The molecule has 0 amide bonds. The van der Waals surface area contributed by atoms with Crippen molar-refractivity contribution in [1.82, 2.24) is 0 Å². The average molecular weight is 382 g/mol. The highest BCUT2D eigenvalue weighted by atomic mass is 32.2. The number of benzene rings is 4. The summed E-state index contributed by atoms with van der Waals surface area (Å²) in [4.78, 5) is 1.36. The summed E-state index contributed by atoms with van der Waals surface area (Å²) < 4.78 is 2.84. The van der Waals surface area contributed by atoms with Crippen LogP contribution in [0.2, 0.25) is 0 Å². The standard InChI is InChI=1S/C26H21OS/c27-18-17-19-9-11-20(12-10-19)21-13-15-22(16-14-21)28-25-7-3-1-5-23(25)24-6-2-4-8-26(24)28/h1-16,27H,17-18H2/q+1. The second kappa shape index (κ2) is 7.23. The van der Waals surface area contributed by atoms with E-state index in [2.05, 4.69) is 97.1 Å². The molecule has 1 heterocycles. The fourth-order valence-corrected chi connectivity index (χ4v) is 6.26. The normalized spacial score (nSPS) is 11.3. The van der Waals surface area contributed by atoms with Crippen LogP contribution in [-0.4, -0.2) is 11.7 Å². The first-order chi connectivity index (χ1) is 13.8. The van der Waals surface area contributed by atoms with Gasteiger partial charge in [-0.1, -0.05) is 48.5 Å². The van der Waals surface area contributed by atoms with E-state index in [1.54, 1.807) is 0 Å². The van der Waals surface area contributed by atoms with Gasteiger partial charge in [-0.3, -0.25) is 0 Å². The lowest BCUT2D eigenvalue weighted by Gasteiger charge is -2.04. The van der Waals surface area contributed by atoms with Gasteiger partial charge in [-0.2, -0.15) is 0 Å². The van der Waals surface area contributed by atoms with Gasteiger partial charge < -0.3 is 5.11 Å². The molecule has 0 aliphatic rings. The zero-order valence-corrected chi connectivity index (χ0v) is 16.3. The van der Waals surface area contributed by atoms with Crippen molar-refractivity contribution in [1.29, 1.82) is 0 Å². The molecular weight excluding hydrogens is 360 g/mol. The van der Waals surface area contributed by atoms with E-state index in [4.69, 9.17) is 5.11 Å². The van der Waals surface area contributed by atoms with Crippen LogP contribution in [0.5, 0.6) is 0 Å². The molecule has 5 rings (SSSR count). The maximum absolute atomic E-state index is 9.08. The first-order valence-corrected chi connectivity index (χ1v) is 10.8. The number of fused-ring (bicyclic) bond motifs is 3. The van der Waals surface area contributed by atoms with Crippen LogP contribution < -0.4 is 0 Å². The van der Waals surface area contributed by atoms with E-state index >= 15 is 0 Å². The van der Waals surface area contributed by atoms with Crippen LogP contribution in [0.3, 0.4) is 0 Å². The Morgan fingerprint density at radius 2 is 1.07 bits per heavy atom. The van der Waals surface area contributed by atoms with E-state index in [0.29, 0.717) is 6.42 Å². The molecule has 4 aromatic carbocycles. The third-order valence-electron chi connectivity index (χ3n) is 5.28. The maximum atomic E-state index is 9.08. The Morgan fingerprint density at radius 1 is 0.571 bits per heavy atom. The van der Waals surface area contributed by atoms with E-state index < -0.39 is 0 Å². The Kier molecular flexibility index (Phi) is 4.44. The Hall–Kier alpha value is -2.94. The molecule has 0 aliphatic heterocycles. The fourth-order valence-electron chi connectivity index (χ4n) is 3.88. The Balaban J connectivity index is 1.59. The molecule has 0 saturated carbocycles. The van der Waals surface area contributed by atoms with Gasteiger partial charge in [-0.25, -0.2) is 0 Å². The summed E-state index contributed by atoms with van der Waals surface area (Å²) in [5.41, 5.74) is 3.61. The summed E-state index contributed by atoms with van der Waals surface area (Å²) in [6.45, 7) is 0.194. The lowest BCUT2D eigenvalue weighted by molar-refractivity contribution is 0.299. The molecule has 0 saturated heterocycles. The highest BCUT2D eigenvalue weighted by molar-refractivity contribution is 7.50. The van der Waals surface area contributed by atoms with E-state index in [1.807, 2.05) is 0 Å². The fraction of sp³-hybridized carbons (Fsp3) is 0.0769. The van der Waals surface area contributed by atoms with Gasteiger partial charge in [0.1, 0.15) is 0 Å². The van der Waals surface area contributed by atoms with Gasteiger partial charge in [0.25, 0.3) is 0 Å². The smallest absolute Gasteiger partial charge is 0.187 e. The van der Waals surface area contributed by atoms with Crippen molar-refractivity contribution in [2.24, 2.45) is 0 Å². The summed E-state index contributed by atoms with van der Waals surface area (Å²) in [6, 6.07) is 35.1. The Morgan fingerprint density at radius 3 is 1.61 bits per heavy atom. The first-order valence-electron chi connectivity index (χ1n) is 9.58. The lowest BCUT2D eigenvalue weighted by atomic mass is 10.0. The Bertz CT molecular complexity index is 1190. The summed E-state index contributed by atoms with van der Waals surface area (Å²) >= 11 is 0. The molecule has 0 radical (unpaired) electrons. The predicted octanol–water partition coefficient (Wildman–Crippen LogP) is 6.93. The van der Waals surface area contributed by atoms with E-state index in [1.165, 1.54) is 41.8 Å². The van der Waals surface area contributed by atoms with E-state index in [9.17, 15) is 0 Å². The topological polar surface area (TPSA) is 20.2 Å². The number of hydrogen-bond donors (Lipinski definition) is 1. The molecule has 1 nitrogen and oxygen atoms in total. The quantitative estimate of drug-likeness (QED) is 0.335. The van der Waals surface area contributed by atoms with Gasteiger partial charge in [-0.05, 0) is 71.6 Å². The van der Waals surface area contributed by atoms with E-state index in [0.717, 1.165) is 0 Å². The molecule has 0 atom stereocenters. The largest absolute Gasteiger partial charge is 0.396 e. The van der Waals surface area contributed by atoms with Crippen molar-refractivity contribution < 1.29 is 5.11 Å². The van der Waals surface area contributed by atoms with Crippen LogP contribution in [-0.2, 0) is 6.42 Å². The lowest BCUT2D eigenvalue weighted by Crippen LogP contribution is -1.89. The molecule has 0 unspecified atom stereocenters. The minimum Gasteiger partial charge on any atom is -0.396 e. The number of hydrogen-bond acceptors (Lipinski definition) is 1. The SMILES string of the molecule is OCCc1ccc(-c2ccc(-[s+]3c4ccccc4c4ccccc43)cc2)cc1. The van der Waals surface area contributed by atoms with Crippen molar-refractivity contribution in [3.05, 3.63) is 103 Å². The minimum absolute atomic E-state index is 0.0394. The van der Waals surface area contributed by atoms with Gasteiger partial charge >= 0.3 is 0 Å². The second-order valence-corrected chi connectivity index (χ2v) is 8.96. The summed E-state index contributed by atoms with van der Waals surface area (Å²) in [5, 5.41) is 11.8. The van der Waals surface area contributed by atoms with Gasteiger partial charge in [0.15, 0.2) is 14.3 Å². The minimum atomic E-state index is -0.0394. The third kappa shape index (κ3) is 2.91. The van der Waals surface area contributed by atoms with Gasteiger partial charge in [0.2, 0.25) is 0 Å². The molecule has 1 aromatic heterocycles. The van der Waals surface area contributed by atoms with Crippen LogP contribution in [0.15, 0.2) is 97.1 Å². The van der Waals surface area contributed by atoms with E-state index in [-0.39, 0.29) is 17.1 Å². The predicted molar refractivity (Wildman–Crippen MR) is 121 cm³/mol. The number of rotatable bonds is 4. The molecule has 0 bridgehead atoms. The van der Waals surface area contributed by atoms with Gasteiger partial charge in [-0.15, -0.1) is 0 Å². The molecule has 136 valence electrons. The molecule has 0 fully saturated rings. The first kappa shape index (κ1) is 17.2. The Labute approximate surface area is 167 Å². The number of aliphatic hydroxyl groups is 1. The number of aliphatic hydroxyl groups excluding tert-OH is 1. The molecule has 28 heavy (non-hydrogen) atoms. The maximum Gasteiger partial charge on any atom is 0.187 e. The molecule has 2 heteroatoms. The summed E-state index contributed by atoms with van der Waals surface area (Å²) in [7, 11) is -0.0394. The molecule has 0 spiro atoms. The molecular formula is C26H21OS+. The molecule has 5 aromatic rings. The highest BCUT2D eigenvalue weighted by Gasteiger charge is 2.22. The second-order valence-electron chi connectivity index (χ2n) is 6.99. The average Bonchev–Trinajstić information content (AvgIpc) is 3.09. The van der Waals surface area contributed by atoms with Crippen LogP contribution >= 0.6 is 10.5 Å². The van der Waals surface area contributed by atoms with Gasteiger partial charge in [0, 0.05) is 27.8 Å². The van der Waals surface area contributed by atoms with Crippen molar-refractivity contribution in [2.45, 2.75) is 6.42 Å². The van der Waals surface area contributed by atoms with Crippen molar-refractivity contribution in [2.75, 3.05) is 6.61 Å². The van der Waals surface area contributed by atoms with Crippen molar-refractivity contribution in [3.8, 4) is 16.0 Å². The van der Waals surface area contributed by atoms with Crippen LogP contribution in [0.4, 0.5) is 0 Å². The zero-order chi connectivity index (χ0) is 18.9. The zero-order valence-electron chi connectivity index (χ0n) is 15.5. The van der Waals surface area contributed by atoms with Crippen molar-refractivity contribution >= 4 is 30.6 Å². The monoisotopic (exact) mass is 381 g/mol. The third-order valence-corrected chi connectivity index (χ3v) is 7.62. The molecule has 0 aliphatic carbocycles. The van der Waals surface area contributed by atoms with Crippen LogP contribution in [0, 0.1) is 0 Å².